The van der Waals surface area contributed by atoms with Crippen LogP contribution in [0, 0.1) is 0 Å². The minimum atomic E-state index is -0.247. The van der Waals surface area contributed by atoms with E-state index in [0.29, 0.717) is 11.9 Å². The van der Waals surface area contributed by atoms with Gasteiger partial charge in [-0.25, -0.2) is 0 Å². The maximum absolute atomic E-state index is 12.9. The van der Waals surface area contributed by atoms with Crippen LogP contribution in [0.1, 0.15) is 46.0 Å². The second kappa shape index (κ2) is 6.23. The summed E-state index contributed by atoms with van der Waals surface area (Å²) >= 11 is 0. The number of hydrogen-bond acceptors (Lipinski definition) is 3. The quantitative estimate of drug-likeness (QED) is 0.837. The van der Waals surface area contributed by atoms with E-state index >= 15 is 0 Å². The molecule has 2 aliphatic heterocycles. The molecule has 1 N–H and O–H groups in total. The predicted molar refractivity (Wildman–Crippen MR) is 78.2 cm³/mol. The van der Waals surface area contributed by atoms with Crippen molar-refractivity contribution in [3.63, 3.8) is 0 Å². The Kier molecular flexibility index (Phi) is 4.85. The number of piperazine rings is 1. The SMILES string of the molecule is CCCC1(C(=O)N2CCN(C)C(CC)C2)CCCN1. The smallest absolute Gasteiger partial charge is 0.242 e. The molecule has 19 heavy (non-hydrogen) atoms. The molecule has 2 atom stereocenters. The number of carbonyl (C=O) groups excluding carboxylic acids is 1. The third-order valence-electron chi connectivity index (χ3n) is 4.87. The van der Waals surface area contributed by atoms with Gasteiger partial charge in [0.25, 0.3) is 0 Å². The summed E-state index contributed by atoms with van der Waals surface area (Å²) in [6.07, 6.45) is 5.33. The lowest BCUT2D eigenvalue weighted by Crippen LogP contribution is -2.61. The average molecular weight is 267 g/mol. The van der Waals surface area contributed by atoms with Crippen molar-refractivity contribution in [2.75, 3.05) is 33.2 Å². The summed E-state index contributed by atoms with van der Waals surface area (Å²) in [5.74, 6) is 0.360. The fourth-order valence-corrected chi connectivity index (χ4v) is 3.61. The highest BCUT2D eigenvalue weighted by Crippen LogP contribution is 2.28. The molecule has 4 nitrogen and oxygen atoms in total. The minimum absolute atomic E-state index is 0.247. The number of nitrogens with zero attached hydrogens (tertiary/aromatic N) is 2. The highest BCUT2D eigenvalue weighted by atomic mass is 16.2. The van der Waals surface area contributed by atoms with Crippen LogP contribution in [0.5, 0.6) is 0 Å². The fourth-order valence-electron chi connectivity index (χ4n) is 3.61. The number of nitrogens with one attached hydrogen (secondary N) is 1. The van der Waals surface area contributed by atoms with Crippen molar-refractivity contribution in [3.8, 4) is 0 Å². The Balaban J connectivity index is 2.05. The monoisotopic (exact) mass is 267 g/mol. The van der Waals surface area contributed by atoms with Gasteiger partial charge in [-0.1, -0.05) is 20.3 Å². The highest BCUT2D eigenvalue weighted by molar-refractivity contribution is 5.87. The molecular formula is C15H29N3O. The van der Waals surface area contributed by atoms with Gasteiger partial charge in [0.2, 0.25) is 5.91 Å². The average Bonchev–Trinajstić information content (AvgIpc) is 2.89. The van der Waals surface area contributed by atoms with Crippen molar-refractivity contribution in [2.45, 2.75) is 57.5 Å². The molecule has 110 valence electrons. The van der Waals surface area contributed by atoms with E-state index in [1.807, 2.05) is 0 Å². The topological polar surface area (TPSA) is 35.6 Å². The van der Waals surface area contributed by atoms with Crippen LogP contribution < -0.4 is 5.32 Å². The van der Waals surface area contributed by atoms with Gasteiger partial charge in [-0.05, 0) is 39.3 Å². The van der Waals surface area contributed by atoms with Gasteiger partial charge in [-0.15, -0.1) is 0 Å². The largest absolute Gasteiger partial charge is 0.338 e. The van der Waals surface area contributed by atoms with E-state index in [1.54, 1.807) is 0 Å². The van der Waals surface area contributed by atoms with E-state index in [1.165, 1.54) is 0 Å². The molecular weight excluding hydrogens is 238 g/mol. The molecule has 2 aliphatic rings. The van der Waals surface area contributed by atoms with Crippen molar-refractivity contribution in [1.82, 2.24) is 15.1 Å². The van der Waals surface area contributed by atoms with Crippen molar-refractivity contribution < 1.29 is 4.79 Å². The molecule has 2 fully saturated rings. The van der Waals surface area contributed by atoms with Crippen molar-refractivity contribution >= 4 is 5.91 Å². The van der Waals surface area contributed by atoms with E-state index in [4.69, 9.17) is 0 Å². The van der Waals surface area contributed by atoms with Gasteiger partial charge in [-0.2, -0.15) is 0 Å². The third-order valence-corrected chi connectivity index (χ3v) is 4.87. The van der Waals surface area contributed by atoms with Crippen LogP contribution in [0.4, 0.5) is 0 Å². The Bertz CT molecular complexity index is 313. The molecule has 2 rings (SSSR count). The zero-order valence-electron chi connectivity index (χ0n) is 12.7. The predicted octanol–water partition coefficient (Wildman–Crippen LogP) is 1.46. The third kappa shape index (κ3) is 2.95. The summed E-state index contributed by atoms with van der Waals surface area (Å²) in [7, 11) is 2.17. The lowest BCUT2D eigenvalue weighted by Gasteiger charge is -2.42. The summed E-state index contributed by atoms with van der Waals surface area (Å²) in [6, 6.07) is 0.526. The van der Waals surface area contributed by atoms with Gasteiger partial charge in [0, 0.05) is 25.7 Å². The second-order valence-corrected chi connectivity index (χ2v) is 6.16. The number of likely N-dealkylation sites (N-methyl/N-ethyl adjacent to an activating group) is 1. The zero-order chi connectivity index (χ0) is 13.9. The van der Waals surface area contributed by atoms with Crippen molar-refractivity contribution in [3.05, 3.63) is 0 Å². The lowest BCUT2D eigenvalue weighted by atomic mass is 9.89. The van der Waals surface area contributed by atoms with E-state index in [0.717, 1.165) is 58.3 Å². The van der Waals surface area contributed by atoms with E-state index in [2.05, 4.69) is 36.0 Å². The fraction of sp³-hybridized carbons (Fsp3) is 0.933. The molecule has 0 spiro atoms. The number of rotatable bonds is 4. The molecule has 0 aromatic rings. The minimum Gasteiger partial charge on any atom is -0.338 e. The normalized spacial score (nSPS) is 32.8. The second-order valence-electron chi connectivity index (χ2n) is 6.16. The maximum Gasteiger partial charge on any atom is 0.242 e. The molecule has 0 bridgehead atoms. The van der Waals surface area contributed by atoms with Gasteiger partial charge < -0.3 is 10.2 Å². The molecule has 1 amide bonds. The summed E-state index contributed by atoms with van der Waals surface area (Å²) in [4.78, 5) is 17.4. The van der Waals surface area contributed by atoms with Gasteiger partial charge in [-0.3, -0.25) is 9.69 Å². The first kappa shape index (κ1) is 14.8. The Hall–Kier alpha value is -0.610. The molecule has 4 heteroatoms. The molecule has 0 saturated carbocycles. The number of amides is 1. The highest BCUT2D eigenvalue weighted by Gasteiger charge is 2.43. The number of carbonyl (C=O) groups is 1. The molecule has 0 aromatic heterocycles. The van der Waals surface area contributed by atoms with Crippen molar-refractivity contribution in [2.24, 2.45) is 0 Å². The lowest BCUT2D eigenvalue weighted by molar-refractivity contribution is -0.141. The molecule has 0 radical (unpaired) electrons. The maximum atomic E-state index is 12.9. The van der Waals surface area contributed by atoms with Gasteiger partial charge >= 0.3 is 0 Å². The Labute approximate surface area is 117 Å². The van der Waals surface area contributed by atoms with E-state index in [9.17, 15) is 4.79 Å². The van der Waals surface area contributed by atoms with Crippen LogP contribution in [-0.4, -0.2) is 60.5 Å². The summed E-state index contributed by atoms with van der Waals surface area (Å²) < 4.78 is 0. The summed E-state index contributed by atoms with van der Waals surface area (Å²) in [6.45, 7) is 8.18. The standard InChI is InChI=1S/C15H29N3O/c1-4-7-15(8-6-9-16-15)14(19)18-11-10-17(3)13(5-2)12-18/h13,16H,4-12H2,1-3H3. The van der Waals surface area contributed by atoms with Crippen LogP contribution in [0.3, 0.4) is 0 Å². The Morgan fingerprint density at radius 3 is 2.74 bits per heavy atom. The van der Waals surface area contributed by atoms with Crippen LogP contribution in [0.2, 0.25) is 0 Å². The molecule has 2 heterocycles. The summed E-state index contributed by atoms with van der Waals surface area (Å²) in [5.41, 5.74) is -0.247. The van der Waals surface area contributed by atoms with Crippen LogP contribution in [-0.2, 0) is 4.79 Å². The van der Waals surface area contributed by atoms with Crippen LogP contribution >= 0.6 is 0 Å². The molecule has 0 aliphatic carbocycles. The Morgan fingerprint density at radius 2 is 2.16 bits per heavy atom. The molecule has 2 saturated heterocycles. The first-order chi connectivity index (χ1) is 9.13. The Morgan fingerprint density at radius 1 is 1.37 bits per heavy atom. The van der Waals surface area contributed by atoms with Crippen LogP contribution in [0.25, 0.3) is 0 Å². The van der Waals surface area contributed by atoms with E-state index in [-0.39, 0.29) is 5.54 Å². The van der Waals surface area contributed by atoms with Gasteiger partial charge in [0.05, 0.1) is 5.54 Å². The van der Waals surface area contributed by atoms with Crippen LogP contribution in [0.15, 0.2) is 0 Å². The van der Waals surface area contributed by atoms with Gasteiger partial charge in [0.1, 0.15) is 0 Å². The molecule has 2 unspecified atom stereocenters. The molecule has 0 aromatic carbocycles. The first-order valence-electron chi connectivity index (χ1n) is 7.87. The summed E-state index contributed by atoms with van der Waals surface area (Å²) in [5, 5.41) is 3.51. The zero-order valence-corrected chi connectivity index (χ0v) is 12.7. The van der Waals surface area contributed by atoms with Crippen molar-refractivity contribution in [1.29, 1.82) is 0 Å². The number of hydrogen-bond donors (Lipinski definition) is 1. The first-order valence-corrected chi connectivity index (χ1v) is 7.87. The van der Waals surface area contributed by atoms with E-state index < -0.39 is 0 Å². The van der Waals surface area contributed by atoms with Gasteiger partial charge in [0.15, 0.2) is 0 Å².